The molecule has 1 aliphatic carbocycles. The maximum Gasteiger partial charge on any atom is 0.0851 e. The Morgan fingerprint density at radius 2 is 2.26 bits per heavy atom. The molecule has 4 heteroatoms. The average molecular weight is 282 g/mol. The topological polar surface area (TPSA) is 47.3 Å². The Bertz CT molecular complexity index is 358. The van der Waals surface area contributed by atoms with Crippen LogP contribution in [-0.2, 0) is 11.2 Å². The molecular formula is C15H26N2OS. The lowest BCUT2D eigenvalue weighted by molar-refractivity contribution is -0.0961. The van der Waals surface area contributed by atoms with E-state index in [0.29, 0.717) is 0 Å². The van der Waals surface area contributed by atoms with Crippen molar-refractivity contribution in [2.24, 2.45) is 11.8 Å². The van der Waals surface area contributed by atoms with Crippen LogP contribution in [0.4, 0.5) is 0 Å². The molecule has 0 aliphatic heterocycles. The SMILES string of the molecule is CCOC1(C(Cc2ccsc2)NN)CCC(C)CC1. The van der Waals surface area contributed by atoms with E-state index in [0.717, 1.165) is 31.8 Å². The average Bonchev–Trinajstić information content (AvgIpc) is 2.92. The molecule has 1 aliphatic rings. The van der Waals surface area contributed by atoms with Crippen molar-refractivity contribution in [3.63, 3.8) is 0 Å². The standard InChI is InChI=1S/C15H26N2OS/c1-3-18-15(7-4-12(2)5-8-15)14(17-16)10-13-6-9-19-11-13/h6,9,11-12,14,17H,3-5,7-8,10,16H2,1-2H3. The summed E-state index contributed by atoms with van der Waals surface area (Å²) in [5, 5.41) is 4.33. The zero-order valence-corrected chi connectivity index (χ0v) is 12.8. The van der Waals surface area contributed by atoms with Crippen LogP contribution in [0.25, 0.3) is 0 Å². The van der Waals surface area contributed by atoms with Gasteiger partial charge in [0, 0.05) is 6.61 Å². The lowest BCUT2D eigenvalue weighted by Gasteiger charge is -2.44. The molecular weight excluding hydrogens is 256 g/mol. The second kappa shape index (κ2) is 6.84. The minimum absolute atomic E-state index is 0.0854. The molecule has 0 radical (unpaired) electrons. The van der Waals surface area contributed by atoms with E-state index in [1.54, 1.807) is 11.3 Å². The fourth-order valence-corrected chi connectivity index (χ4v) is 3.85. The van der Waals surface area contributed by atoms with Gasteiger partial charge >= 0.3 is 0 Å². The van der Waals surface area contributed by atoms with E-state index in [1.807, 2.05) is 0 Å². The van der Waals surface area contributed by atoms with Crippen molar-refractivity contribution in [2.75, 3.05) is 6.61 Å². The maximum atomic E-state index is 6.18. The molecule has 0 amide bonds. The highest BCUT2D eigenvalue weighted by Crippen LogP contribution is 2.38. The summed E-state index contributed by atoms with van der Waals surface area (Å²) in [7, 11) is 0. The van der Waals surface area contributed by atoms with Gasteiger partial charge in [0.15, 0.2) is 0 Å². The molecule has 0 bridgehead atoms. The Morgan fingerprint density at radius 1 is 1.53 bits per heavy atom. The van der Waals surface area contributed by atoms with Gasteiger partial charge < -0.3 is 4.74 Å². The van der Waals surface area contributed by atoms with Crippen molar-refractivity contribution in [2.45, 2.75) is 57.6 Å². The van der Waals surface area contributed by atoms with Crippen molar-refractivity contribution in [3.05, 3.63) is 22.4 Å². The number of hydrogen-bond acceptors (Lipinski definition) is 4. The Hall–Kier alpha value is -0.420. The second-order valence-corrected chi connectivity index (χ2v) is 6.52. The van der Waals surface area contributed by atoms with Crippen molar-refractivity contribution in [1.82, 2.24) is 5.43 Å². The number of thiophene rings is 1. The smallest absolute Gasteiger partial charge is 0.0851 e. The lowest BCUT2D eigenvalue weighted by Crippen LogP contribution is -2.57. The highest BCUT2D eigenvalue weighted by molar-refractivity contribution is 7.07. The van der Waals surface area contributed by atoms with Gasteiger partial charge in [0.1, 0.15) is 0 Å². The van der Waals surface area contributed by atoms with Gasteiger partial charge in [0.25, 0.3) is 0 Å². The molecule has 19 heavy (non-hydrogen) atoms. The quantitative estimate of drug-likeness (QED) is 0.622. The van der Waals surface area contributed by atoms with E-state index < -0.39 is 0 Å². The van der Waals surface area contributed by atoms with Crippen LogP contribution in [0.5, 0.6) is 0 Å². The molecule has 0 aromatic carbocycles. The van der Waals surface area contributed by atoms with Crippen LogP contribution in [0.2, 0.25) is 0 Å². The van der Waals surface area contributed by atoms with Crippen LogP contribution < -0.4 is 11.3 Å². The monoisotopic (exact) mass is 282 g/mol. The van der Waals surface area contributed by atoms with Crippen LogP contribution in [0.3, 0.4) is 0 Å². The Labute approximate surface area is 120 Å². The molecule has 0 saturated heterocycles. The van der Waals surface area contributed by atoms with Crippen LogP contribution in [0, 0.1) is 5.92 Å². The molecule has 108 valence electrons. The summed E-state index contributed by atoms with van der Waals surface area (Å²) in [6, 6.07) is 2.38. The lowest BCUT2D eigenvalue weighted by atomic mass is 9.74. The molecule has 3 N–H and O–H groups in total. The predicted octanol–water partition coefficient (Wildman–Crippen LogP) is 3.11. The molecule has 1 atom stereocenters. The summed E-state index contributed by atoms with van der Waals surface area (Å²) in [5.41, 5.74) is 4.30. The highest BCUT2D eigenvalue weighted by atomic mass is 32.1. The fraction of sp³-hybridized carbons (Fsp3) is 0.733. The van der Waals surface area contributed by atoms with E-state index in [1.165, 1.54) is 18.4 Å². The summed E-state index contributed by atoms with van der Waals surface area (Å²) in [6.07, 6.45) is 5.65. The molecule has 1 aromatic heterocycles. The van der Waals surface area contributed by atoms with Crippen LogP contribution in [0.15, 0.2) is 16.8 Å². The fourth-order valence-electron chi connectivity index (χ4n) is 3.17. The van der Waals surface area contributed by atoms with Crippen molar-refractivity contribution >= 4 is 11.3 Å². The van der Waals surface area contributed by atoms with Gasteiger partial charge in [-0.25, -0.2) is 0 Å². The van der Waals surface area contributed by atoms with Crippen LogP contribution in [-0.4, -0.2) is 18.2 Å². The molecule has 1 fully saturated rings. The summed E-state index contributed by atoms with van der Waals surface area (Å²) in [5.74, 6) is 6.66. The number of ether oxygens (including phenoxy) is 1. The molecule has 1 aromatic rings. The largest absolute Gasteiger partial charge is 0.374 e. The highest BCUT2D eigenvalue weighted by Gasteiger charge is 2.41. The normalized spacial score (nSPS) is 29.3. The molecule has 0 spiro atoms. The first kappa shape index (κ1) is 15.0. The number of nitrogens with two attached hydrogens (primary N) is 1. The van der Waals surface area contributed by atoms with Crippen molar-refractivity contribution in [3.8, 4) is 0 Å². The predicted molar refractivity (Wildman–Crippen MR) is 81.1 cm³/mol. The van der Waals surface area contributed by atoms with Crippen LogP contribution in [0.1, 0.15) is 45.1 Å². The summed E-state index contributed by atoms with van der Waals surface area (Å²) >= 11 is 1.74. The van der Waals surface area contributed by atoms with Gasteiger partial charge in [0.05, 0.1) is 11.6 Å². The van der Waals surface area contributed by atoms with Crippen molar-refractivity contribution in [1.29, 1.82) is 0 Å². The zero-order chi connectivity index (χ0) is 13.7. The Kier molecular flexibility index (Phi) is 5.39. The number of hydrogen-bond donors (Lipinski definition) is 2. The second-order valence-electron chi connectivity index (χ2n) is 5.74. The first-order valence-electron chi connectivity index (χ1n) is 7.31. The van der Waals surface area contributed by atoms with Crippen molar-refractivity contribution < 1.29 is 4.74 Å². The first-order valence-corrected chi connectivity index (χ1v) is 8.25. The maximum absolute atomic E-state index is 6.18. The summed E-state index contributed by atoms with van der Waals surface area (Å²) < 4.78 is 6.18. The molecule has 2 rings (SSSR count). The number of hydrazine groups is 1. The zero-order valence-electron chi connectivity index (χ0n) is 12.0. The van der Waals surface area contributed by atoms with Gasteiger partial charge in [-0.3, -0.25) is 11.3 Å². The minimum Gasteiger partial charge on any atom is -0.374 e. The Balaban J connectivity index is 2.10. The van der Waals surface area contributed by atoms with E-state index >= 15 is 0 Å². The summed E-state index contributed by atoms with van der Waals surface area (Å²) in [4.78, 5) is 0. The van der Waals surface area contributed by atoms with Gasteiger partial charge in [-0.1, -0.05) is 6.92 Å². The number of rotatable bonds is 6. The third-order valence-corrected chi connectivity index (χ3v) is 5.14. The van der Waals surface area contributed by atoms with Gasteiger partial charge in [-0.2, -0.15) is 11.3 Å². The van der Waals surface area contributed by atoms with Crippen LogP contribution >= 0.6 is 11.3 Å². The minimum atomic E-state index is -0.0854. The Morgan fingerprint density at radius 3 is 2.79 bits per heavy atom. The first-order chi connectivity index (χ1) is 9.20. The molecule has 1 saturated carbocycles. The number of nitrogens with one attached hydrogen (secondary N) is 1. The molecule has 1 heterocycles. The van der Waals surface area contributed by atoms with Gasteiger partial charge in [-0.15, -0.1) is 0 Å². The molecule has 3 nitrogen and oxygen atoms in total. The molecule has 1 unspecified atom stereocenters. The van der Waals surface area contributed by atoms with E-state index in [2.05, 4.69) is 36.1 Å². The van der Waals surface area contributed by atoms with E-state index in [4.69, 9.17) is 10.6 Å². The summed E-state index contributed by atoms with van der Waals surface area (Å²) in [6.45, 7) is 5.17. The third kappa shape index (κ3) is 3.57. The van der Waals surface area contributed by atoms with Gasteiger partial charge in [0.2, 0.25) is 0 Å². The van der Waals surface area contributed by atoms with E-state index in [9.17, 15) is 0 Å². The third-order valence-electron chi connectivity index (χ3n) is 4.41. The van der Waals surface area contributed by atoms with E-state index in [-0.39, 0.29) is 11.6 Å². The van der Waals surface area contributed by atoms with Gasteiger partial charge in [-0.05, 0) is 67.3 Å².